The van der Waals surface area contributed by atoms with Gasteiger partial charge in [0.15, 0.2) is 0 Å². The van der Waals surface area contributed by atoms with Gasteiger partial charge in [-0.2, -0.15) is 0 Å². The third-order valence-electron chi connectivity index (χ3n) is 6.56. The Bertz CT molecular complexity index is 1910. The number of nitrogens with two attached hydrogens (primary N) is 1. The number of fused-ring (bicyclic) bond motifs is 3. The van der Waals surface area contributed by atoms with Crippen molar-refractivity contribution in [2.45, 2.75) is 17.9 Å². The van der Waals surface area contributed by atoms with Crippen LogP contribution in [0, 0.1) is 5.41 Å². The van der Waals surface area contributed by atoms with Crippen LogP contribution >= 0.6 is 0 Å². The maximum atomic E-state index is 13.1. The summed E-state index contributed by atoms with van der Waals surface area (Å²) in [6.07, 6.45) is 0.427. The number of aromatic amines is 1. The molecular weight excluding hydrogens is 498 g/mol. The maximum Gasteiger partial charge on any atom is 0.240 e. The summed E-state index contributed by atoms with van der Waals surface area (Å²) in [5.74, 6) is 1.44. The molecule has 0 aliphatic carbocycles. The van der Waals surface area contributed by atoms with E-state index in [-0.39, 0.29) is 17.3 Å². The fraction of sp³-hybridized carbons (Fsp3) is 0.107. The van der Waals surface area contributed by atoms with Gasteiger partial charge in [0.1, 0.15) is 17.5 Å². The van der Waals surface area contributed by atoms with E-state index in [9.17, 15) is 8.42 Å². The van der Waals surface area contributed by atoms with Gasteiger partial charge in [0.25, 0.3) is 0 Å². The van der Waals surface area contributed by atoms with Crippen molar-refractivity contribution < 1.29 is 8.42 Å². The van der Waals surface area contributed by atoms with Crippen molar-refractivity contribution in [3.8, 4) is 0 Å². The minimum atomic E-state index is -3.73. The van der Waals surface area contributed by atoms with Crippen LogP contribution in [0.25, 0.3) is 32.8 Å². The SMILES string of the molecule is N=C(N)c1ccc2nc(Cc3nc4ccccc4[nH]3)n(CCNS(=O)(=O)c3ccc4ccccc4c3)c2c1. The number of aromatic nitrogens is 4. The molecule has 4 aromatic carbocycles. The van der Waals surface area contributed by atoms with E-state index in [1.54, 1.807) is 18.2 Å². The predicted molar refractivity (Wildman–Crippen MR) is 149 cm³/mol. The second-order valence-electron chi connectivity index (χ2n) is 9.08. The zero-order chi connectivity index (χ0) is 26.3. The van der Waals surface area contributed by atoms with E-state index < -0.39 is 10.0 Å². The van der Waals surface area contributed by atoms with Crippen molar-refractivity contribution in [2.24, 2.45) is 5.73 Å². The highest BCUT2D eigenvalue weighted by Crippen LogP contribution is 2.22. The maximum absolute atomic E-state index is 13.1. The second kappa shape index (κ2) is 9.40. The van der Waals surface area contributed by atoms with Gasteiger partial charge in [-0.25, -0.2) is 23.1 Å². The van der Waals surface area contributed by atoms with Crippen LogP contribution in [0.1, 0.15) is 17.2 Å². The molecule has 0 radical (unpaired) electrons. The Morgan fingerprint density at radius 2 is 1.71 bits per heavy atom. The summed E-state index contributed by atoms with van der Waals surface area (Å²) in [7, 11) is -3.73. The number of nitrogens with one attached hydrogen (secondary N) is 3. The van der Waals surface area contributed by atoms with Crippen LogP contribution in [0.3, 0.4) is 0 Å². The van der Waals surface area contributed by atoms with E-state index in [2.05, 4.69) is 14.7 Å². The summed E-state index contributed by atoms with van der Waals surface area (Å²) in [5.41, 5.74) is 9.62. The third-order valence-corrected chi connectivity index (χ3v) is 8.02. The van der Waals surface area contributed by atoms with Crippen molar-refractivity contribution in [3.05, 3.63) is 102 Å². The first kappa shape index (κ1) is 23.8. The minimum Gasteiger partial charge on any atom is -0.384 e. The molecule has 0 bridgehead atoms. The number of imidazole rings is 2. The summed E-state index contributed by atoms with van der Waals surface area (Å²) in [6, 6.07) is 25.9. The number of rotatable bonds is 8. The molecule has 6 aromatic rings. The number of amidine groups is 1. The summed E-state index contributed by atoms with van der Waals surface area (Å²) in [4.78, 5) is 13.0. The average Bonchev–Trinajstić information content (AvgIpc) is 3.48. The fourth-order valence-electron chi connectivity index (χ4n) is 4.67. The first-order chi connectivity index (χ1) is 18.4. The monoisotopic (exact) mass is 523 g/mol. The number of nitrogens with zero attached hydrogens (tertiary/aromatic N) is 3. The molecular formula is C28H25N7O2S. The molecule has 6 rings (SSSR count). The normalized spacial score (nSPS) is 12.0. The highest BCUT2D eigenvalue weighted by Gasteiger charge is 2.17. The molecule has 10 heteroatoms. The van der Waals surface area contributed by atoms with Crippen LogP contribution < -0.4 is 10.5 Å². The van der Waals surface area contributed by atoms with Gasteiger partial charge in [-0.05, 0) is 53.2 Å². The van der Waals surface area contributed by atoms with Crippen molar-refractivity contribution in [1.29, 1.82) is 5.41 Å². The topological polar surface area (TPSA) is 143 Å². The zero-order valence-corrected chi connectivity index (χ0v) is 21.2. The van der Waals surface area contributed by atoms with Gasteiger partial charge in [-0.1, -0.05) is 42.5 Å². The van der Waals surface area contributed by atoms with Crippen LogP contribution in [0.15, 0.2) is 89.8 Å². The first-order valence-electron chi connectivity index (χ1n) is 12.1. The number of sulfonamides is 1. The Morgan fingerprint density at radius 1 is 0.921 bits per heavy atom. The summed E-state index contributed by atoms with van der Waals surface area (Å²) < 4.78 is 30.9. The lowest BCUT2D eigenvalue weighted by atomic mass is 10.1. The van der Waals surface area contributed by atoms with Crippen LogP contribution in [-0.4, -0.2) is 40.3 Å². The molecule has 0 aliphatic rings. The lowest BCUT2D eigenvalue weighted by Crippen LogP contribution is -2.28. The number of benzene rings is 4. The number of hydrogen-bond acceptors (Lipinski definition) is 5. The third kappa shape index (κ3) is 4.51. The Balaban J connectivity index is 1.30. The Hall–Kier alpha value is -4.54. The predicted octanol–water partition coefficient (Wildman–Crippen LogP) is 3.92. The fourth-order valence-corrected chi connectivity index (χ4v) is 5.73. The zero-order valence-electron chi connectivity index (χ0n) is 20.3. The van der Waals surface area contributed by atoms with E-state index in [0.29, 0.717) is 18.5 Å². The van der Waals surface area contributed by atoms with E-state index >= 15 is 0 Å². The molecule has 38 heavy (non-hydrogen) atoms. The molecule has 0 aliphatic heterocycles. The van der Waals surface area contributed by atoms with Crippen molar-refractivity contribution in [3.63, 3.8) is 0 Å². The Kier molecular flexibility index (Phi) is 5.90. The molecule has 0 saturated carbocycles. The number of H-pyrrole nitrogens is 1. The van der Waals surface area contributed by atoms with E-state index in [4.69, 9.17) is 16.1 Å². The molecule has 0 fully saturated rings. The molecule has 9 nitrogen and oxygen atoms in total. The van der Waals surface area contributed by atoms with Gasteiger partial charge >= 0.3 is 0 Å². The molecule has 190 valence electrons. The van der Waals surface area contributed by atoms with Gasteiger partial charge in [0.05, 0.1) is 33.4 Å². The summed E-state index contributed by atoms with van der Waals surface area (Å²) in [6.45, 7) is 0.484. The van der Waals surface area contributed by atoms with Crippen molar-refractivity contribution in [2.75, 3.05) is 6.54 Å². The van der Waals surface area contributed by atoms with E-state index in [0.717, 1.165) is 44.5 Å². The van der Waals surface area contributed by atoms with Gasteiger partial charge in [0.2, 0.25) is 10.0 Å². The van der Waals surface area contributed by atoms with Gasteiger partial charge in [0, 0.05) is 18.7 Å². The molecule has 0 amide bonds. The smallest absolute Gasteiger partial charge is 0.240 e. The van der Waals surface area contributed by atoms with Gasteiger partial charge in [-0.15, -0.1) is 0 Å². The van der Waals surface area contributed by atoms with Crippen molar-refractivity contribution >= 4 is 48.7 Å². The lowest BCUT2D eigenvalue weighted by Gasteiger charge is -2.11. The first-order valence-corrected chi connectivity index (χ1v) is 13.6. The molecule has 0 atom stereocenters. The van der Waals surface area contributed by atoms with E-state index in [1.165, 1.54) is 0 Å². The molecule has 0 spiro atoms. The highest BCUT2D eigenvalue weighted by atomic mass is 32.2. The largest absolute Gasteiger partial charge is 0.384 e. The number of para-hydroxylation sites is 2. The van der Waals surface area contributed by atoms with Crippen LogP contribution in [0.4, 0.5) is 0 Å². The van der Waals surface area contributed by atoms with Gasteiger partial charge in [-0.3, -0.25) is 5.41 Å². The summed E-state index contributed by atoms with van der Waals surface area (Å²) in [5, 5.41) is 9.68. The van der Waals surface area contributed by atoms with Crippen LogP contribution in [0.5, 0.6) is 0 Å². The molecule has 0 unspecified atom stereocenters. The Morgan fingerprint density at radius 3 is 2.53 bits per heavy atom. The second-order valence-corrected chi connectivity index (χ2v) is 10.8. The van der Waals surface area contributed by atoms with Crippen molar-refractivity contribution in [1.82, 2.24) is 24.2 Å². The molecule has 5 N–H and O–H groups in total. The lowest BCUT2D eigenvalue weighted by molar-refractivity contribution is 0.572. The highest BCUT2D eigenvalue weighted by molar-refractivity contribution is 7.89. The Labute approximate surface area is 218 Å². The van der Waals surface area contributed by atoms with Crippen LogP contribution in [0.2, 0.25) is 0 Å². The molecule has 0 saturated heterocycles. The molecule has 2 heterocycles. The standard InChI is InChI=1S/C28H25N7O2S/c29-28(30)20-10-12-24-25(16-20)35(27(34-24)17-26-32-22-7-3-4-8-23(22)33-26)14-13-31-38(36,37)21-11-9-18-5-1-2-6-19(18)15-21/h1-12,15-16,31H,13-14,17H2,(H3,29,30)(H,32,33). The van der Waals surface area contributed by atoms with Crippen LogP contribution in [-0.2, 0) is 23.0 Å². The van der Waals surface area contributed by atoms with E-state index in [1.807, 2.05) is 71.3 Å². The van der Waals surface area contributed by atoms with Gasteiger partial charge < -0.3 is 15.3 Å². The number of nitrogen functional groups attached to an aromatic ring is 1. The minimum absolute atomic E-state index is 0.0458. The number of hydrogen-bond donors (Lipinski definition) is 4. The summed E-state index contributed by atoms with van der Waals surface area (Å²) >= 11 is 0. The average molecular weight is 524 g/mol. The molecule has 2 aromatic heterocycles. The quantitative estimate of drug-likeness (QED) is 0.177.